The lowest BCUT2D eigenvalue weighted by Crippen LogP contribution is -2.33. The number of aliphatic hydroxyl groups is 1. The quantitative estimate of drug-likeness (QED) is 0.414. The maximum atomic E-state index is 14.8. The first-order valence-corrected chi connectivity index (χ1v) is 10.7. The number of anilines is 1. The minimum Gasteiger partial charge on any atom is -0.387 e. The van der Waals surface area contributed by atoms with Crippen LogP contribution in [0.2, 0.25) is 0 Å². The molecule has 1 aliphatic rings. The summed E-state index contributed by atoms with van der Waals surface area (Å²) in [7, 11) is -2.49. The predicted octanol–water partition coefficient (Wildman–Crippen LogP) is -0.890. The Kier molecular flexibility index (Phi) is 5.37. The molecule has 162 valence electrons. The molecule has 13 nitrogen and oxygen atoms in total. The van der Waals surface area contributed by atoms with Crippen LogP contribution in [0.15, 0.2) is 28.9 Å². The number of ether oxygens (including phenoxy) is 1. The standard InChI is InChI=1S/C14H17FN8O5S2/c1-22-2-7(20-5-22)29-13-8-11(16)18-4-19-12(8)23(21-13)14-9(15)10(24)6(28-14)3-27-30(17,25)26/h2,4-6,9-10,14,24H,3H2,1H3,(H2,16,18,19)(H2,17,25,26)/t6-,9+,10-,14-/m1/s1. The van der Waals surface area contributed by atoms with Crippen molar-refractivity contribution in [1.82, 2.24) is 29.3 Å². The molecule has 5 N–H and O–H groups in total. The molecular weight excluding hydrogens is 443 g/mol. The molecule has 3 aromatic heterocycles. The molecule has 0 amide bonds. The summed E-state index contributed by atoms with van der Waals surface area (Å²) in [6, 6.07) is 0. The van der Waals surface area contributed by atoms with Crippen molar-refractivity contribution in [1.29, 1.82) is 0 Å². The predicted molar refractivity (Wildman–Crippen MR) is 101 cm³/mol. The number of hydrogen-bond acceptors (Lipinski definition) is 11. The number of hydrogen-bond donors (Lipinski definition) is 3. The Bertz CT molecular complexity index is 1180. The molecule has 1 saturated heterocycles. The summed E-state index contributed by atoms with van der Waals surface area (Å²) in [5.41, 5.74) is 6.16. The van der Waals surface area contributed by atoms with Crippen LogP contribution in [0.4, 0.5) is 10.2 Å². The van der Waals surface area contributed by atoms with E-state index in [2.05, 4.69) is 24.2 Å². The van der Waals surface area contributed by atoms with Gasteiger partial charge in [0, 0.05) is 13.2 Å². The third-order valence-corrected chi connectivity index (χ3v) is 5.66. The van der Waals surface area contributed by atoms with Gasteiger partial charge in [0.15, 0.2) is 18.0 Å². The SMILES string of the molecule is Cn1cnc(Sc2nn([C@@H]3O[C@H](COS(N)(=O)=O)[C@@H](O)[C@@H]3F)c3ncnc(N)c23)c1. The smallest absolute Gasteiger partial charge is 0.333 e. The van der Waals surface area contributed by atoms with Crippen molar-refractivity contribution in [3.8, 4) is 0 Å². The highest BCUT2D eigenvalue weighted by Crippen LogP contribution is 2.38. The molecule has 3 aromatic rings. The van der Waals surface area contributed by atoms with E-state index in [0.29, 0.717) is 15.4 Å². The molecule has 1 fully saturated rings. The number of rotatable bonds is 6. The summed E-state index contributed by atoms with van der Waals surface area (Å²) in [5, 5.41) is 20.6. The molecule has 4 heterocycles. The molecule has 1 aliphatic heterocycles. The third-order valence-electron chi connectivity index (χ3n) is 4.30. The summed E-state index contributed by atoms with van der Waals surface area (Å²) >= 11 is 1.16. The number of fused-ring (bicyclic) bond motifs is 1. The molecule has 16 heteroatoms. The normalized spacial score (nSPS) is 24.7. The van der Waals surface area contributed by atoms with Gasteiger partial charge in [0.1, 0.15) is 34.4 Å². The average molecular weight is 460 g/mol. The zero-order valence-corrected chi connectivity index (χ0v) is 17.0. The van der Waals surface area contributed by atoms with Gasteiger partial charge < -0.3 is 20.1 Å². The number of alkyl halides is 1. The van der Waals surface area contributed by atoms with Crippen molar-refractivity contribution in [3.05, 3.63) is 18.9 Å². The van der Waals surface area contributed by atoms with Gasteiger partial charge in [0.05, 0.1) is 18.3 Å². The lowest BCUT2D eigenvalue weighted by molar-refractivity contribution is -0.0456. The summed E-state index contributed by atoms with van der Waals surface area (Å²) in [6.07, 6.45) is -1.80. The second kappa shape index (κ2) is 7.71. The number of halogens is 1. The van der Waals surface area contributed by atoms with Crippen molar-refractivity contribution in [2.75, 3.05) is 12.3 Å². The van der Waals surface area contributed by atoms with Crippen LogP contribution in [0.5, 0.6) is 0 Å². The van der Waals surface area contributed by atoms with E-state index in [1.54, 1.807) is 24.1 Å². The summed E-state index contributed by atoms with van der Waals surface area (Å²) in [5.74, 6) is 0.118. The second-order valence-electron chi connectivity index (χ2n) is 6.46. The largest absolute Gasteiger partial charge is 0.387 e. The fourth-order valence-corrected chi connectivity index (χ4v) is 4.22. The molecule has 0 bridgehead atoms. The maximum Gasteiger partial charge on any atom is 0.333 e. The molecule has 4 atom stereocenters. The number of imidazole rings is 1. The molecule has 30 heavy (non-hydrogen) atoms. The third kappa shape index (κ3) is 3.96. The molecular formula is C14H17FN8O5S2. The number of nitrogens with zero attached hydrogens (tertiary/aromatic N) is 6. The van der Waals surface area contributed by atoms with Crippen LogP contribution in [0, 0.1) is 0 Å². The zero-order valence-electron chi connectivity index (χ0n) is 15.4. The Hall–Kier alpha value is -2.37. The van der Waals surface area contributed by atoms with Crippen LogP contribution >= 0.6 is 11.8 Å². The number of nitrogen functional groups attached to an aromatic ring is 1. The van der Waals surface area contributed by atoms with Gasteiger partial charge in [-0.2, -0.15) is 13.5 Å². The monoisotopic (exact) mass is 460 g/mol. The summed E-state index contributed by atoms with van der Waals surface area (Å²) < 4.78 is 49.6. The van der Waals surface area contributed by atoms with Crippen molar-refractivity contribution < 1.29 is 26.8 Å². The molecule has 4 rings (SSSR count). The number of aromatic nitrogens is 6. The van der Waals surface area contributed by atoms with Crippen LogP contribution < -0.4 is 10.9 Å². The van der Waals surface area contributed by atoms with E-state index in [0.717, 1.165) is 16.4 Å². The molecule has 0 unspecified atom stereocenters. The first-order valence-electron chi connectivity index (χ1n) is 8.43. The minimum atomic E-state index is -4.29. The first kappa shape index (κ1) is 20.9. The van der Waals surface area contributed by atoms with Crippen molar-refractivity contribution in [2.45, 2.75) is 34.7 Å². The highest BCUT2D eigenvalue weighted by Gasteiger charge is 2.47. The lowest BCUT2D eigenvalue weighted by Gasteiger charge is -2.14. The van der Waals surface area contributed by atoms with Gasteiger partial charge in [-0.15, -0.1) is 0 Å². The maximum absolute atomic E-state index is 14.8. The second-order valence-corrected chi connectivity index (χ2v) is 8.69. The highest BCUT2D eigenvalue weighted by molar-refractivity contribution is 7.99. The number of aryl methyl sites for hydroxylation is 1. The average Bonchev–Trinajstić information content (AvgIpc) is 3.32. The Balaban J connectivity index is 1.69. The van der Waals surface area contributed by atoms with Crippen LogP contribution in [0.3, 0.4) is 0 Å². The van der Waals surface area contributed by atoms with E-state index in [1.807, 2.05) is 0 Å². The molecule has 0 radical (unpaired) electrons. The van der Waals surface area contributed by atoms with Crippen molar-refractivity contribution >= 4 is 38.9 Å². The van der Waals surface area contributed by atoms with Gasteiger partial charge >= 0.3 is 10.3 Å². The molecule has 0 spiro atoms. The first-order chi connectivity index (χ1) is 14.1. The van der Waals surface area contributed by atoms with Crippen LogP contribution in [0.25, 0.3) is 11.0 Å². The fraction of sp³-hybridized carbons (Fsp3) is 0.429. The van der Waals surface area contributed by atoms with E-state index in [4.69, 9.17) is 15.6 Å². The Labute approximate surface area is 173 Å². The van der Waals surface area contributed by atoms with Crippen LogP contribution in [0.1, 0.15) is 6.23 Å². The van der Waals surface area contributed by atoms with Crippen molar-refractivity contribution in [2.24, 2.45) is 12.2 Å². The highest BCUT2D eigenvalue weighted by atomic mass is 32.2. The van der Waals surface area contributed by atoms with Gasteiger partial charge in [-0.25, -0.2) is 29.2 Å². The lowest BCUT2D eigenvalue weighted by atomic mass is 10.1. The van der Waals surface area contributed by atoms with E-state index >= 15 is 0 Å². The summed E-state index contributed by atoms with van der Waals surface area (Å²) in [4.78, 5) is 12.3. The Morgan fingerprint density at radius 2 is 2.17 bits per heavy atom. The van der Waals surface area contributed by atoms with E-state index in [9.17, 15) is 17.9 Å². The van der Waals surface area contributed by atoms with E-state index < -0.39 is 41.5 Å². The zero-order chi connectivity index (χ0) is 21.6. The molecule has 0 aromatic carbocycles. The Morgan fingerprint density at radius 1 is 1.40 bits per heavy atom. The Morgan fingerprint density at radius 3 is 2.83 bits per heavy atom. The molecule has 0 saturated carbocycles. The van der Waals surface area contributed by atoms with E-state index in [1.165, 1.54) is 6.33 Å². The van der Waals surface area contributed by atoms with Gasteiger partial charge in [-0.05, 0) is 11.8 Å². The van der Waals surface area contributed by atoms with Gasteiger partial charge in [0.25, 0.3) is 0 Å². The van der Waals surface area contributed by atoms with Crippen LogP contribution in [-0.2, 0) is 26.3 Å². The van der Waals surface area contributed by atoms with Gasteiger partial charge in [0.2, 0.25) is 0 Å². The minimum absolute atomic E-state index is 0.118. The number of aliphatic hydroxyl groups excluding tert-OH is 1. The summed E-state index contributed by atoms with van der Waals surface area (Å²) in [6.45, 7) is -0.664. The van der Waals surface area contributed by atoms with Gasteiger partial charge in [-0.1, -0.05) is 0 Å². The van der Waals surface area contributed by atoms with Crippen molar-refractivity contribution in [3.63, 3.8) is 0 Å². The fourth-order valence-electron chi connectivity index (χ4n) is 2.95. The van der Waals surface area contributed by atoms with Crippen LogP contribution in [-0.4, -0.2) is 67.8 Å². The van der Waals surface area contributed by atoms with E-state index in [-0.39, 0.29) is 11.5 Å². The topological polar surface area (TPSA) is 186 Å². The number of nitrogens with two attached hydrogens (primary N) is 2. The van der Waals surface area contributed by atoms with Gasteiger partial charge in [-0.3, -0.25) is 4.18 Å². The molecule has 0 aliphatic carbocycles.